The lowest BCUT2D eigenvalue weighted by molar-refractivity contribution is 0.509. The predicted molar refractivity (Wildman–Crippen MR) is 75.8 cm³/mol. The third kappa shape index (κ3) is 1.78. The molecule has 0 radical (unpaired) electrons. The van der Waals surface area contributed by atoms with Crippen molar-refractivity contribution in [2.75, 3.05) is 5.43 Å². The molecule has 0 fully saturated rings. The third-order valence-electron chi connectivity index (χ3n) is 3.65. The number of hydrazine groups is 1. The number of nitrogens with two attached hydrogens (primary N) is 1. The molecule has 0 aromatic carbocycles. The van der Waals surface area contributed by atoms with Crippen molar-refractivity contribution >= 4 is 27.4 Å². The Morgan fingerprint density at radius 2 is 2.28 bits per heavy atom. The van der Waals surface area contributed by atoms with Crippen LogP contribution >= 0.6 is 11.3 Å². The Hall–Kier alpha value is -1.20. The van der Waals surface area contributed by atoms with E-state index < -0.39 is 0 Å². The van der Waals surface area contributed by atoms with Crippen LogP contribution in [0.4, 0.5) is 5.82 Å². The van der Waals surface area contributed by atoms with Crippen molar-refractivity contribution in [3.8, 4) is 0 Å². The Morgan fingerprint density at radius 1 is 1.44 bits per heavy atom. The molecule has 3 rings (SSSR count). The fraction of sp³-hybridized carbons (Fsp3) is 0.538. The second kappa shape index (κ2) is 4.48. The Balaban J connectivity index is 2.24. The van der Waals surface area contributed by atoms with Crippen molar-refractivity contribution in [3.63, 3.8) is 0 Å². The number of anilines is 1. The Bertz CT molecular complexity index is 590. The van der Waals surface area contributed by atoms with E-state index in [2.05, 4.69) is 29.2 Å². The number of nitrogens with zero attached hydrogens (tertiary/aromatic N) is 2. The van der Waals surface area contributed by atoms with Gasteiger partial charge in [-0.15, -0.1) is 11.3 Å². The summed E-state index contributed by atoms with van der Waals surface area (Å²) in [6, 6.07) is 0. The SMILES string of the molecule is CCc1nc(NN)c2c3c(sc2n1)C[C@H](C)CC3. The van der Waals surface area contributed by atoms with Crippen molar-refractivity contribution in [1.82, 2.24) is 9.97 Å². The van der Waals surface area contributed by atoms with Gasteiger partial charge in [0.05, 0.1) is 5.39 Å². The molecule has 1 aliphatic rings. The van der Waals surface area contributed by atoms with E-state index in [0.717, 1.165) is 40.6 Å². The molecule has 0 amide bonds. The molecule has 0 unspecified atom stereocenters. The lowest BCUT2D eigenvalue weighted by Gasteiger charge is -2.18. The summed E-state index contributed by atoms with van der Waals surface area (Å²) in [5, 5.41) is 1.15. The highest BCUT2D eigenvalue weighted by atomic mass is 32.1. The summed E-state index contributed by atoms with van der Waals surface area (Å²) in [5.74, 6) is 8.06. The van der Waals surface area contributed by atoms with Gasteiger partial charge in [0, 0.05) is 11.3 Å². The van der Waals surface area contributed by atoms with Gasteiger partial charge in [0.2, 0.25) is 0 Å². The van der Waals surface area contributed by atoms with Crippen LogP contribution in [0.5, 0.6) is 0 Å². The van der Waals surface area contributed by atoms with Gasteiger partial charge < -0.3 is 5.43 Å². The fourth-order valence-corrected chi connectivity index (χ4v) is 4.05. The normalized spacial score (nSPS) is 18.9. The number of hydrogen-bond donors (Lipinski definition) is 2. The predicted octanol–water partition coefficient (Wildman–Crippen LogP) is 2.66. The molecule has 0 aliphatic heterocycles. The summed E-state index contributed by atoms with van der Waals surface area (Å²) in [7, 11) is 0. The van der Waals surface area contributed by atoms with Crippen LogP contribution in [0.15, 0.2) is 0 Å². The number of aryl methyl sites for hydroxylation is 2. The highest BCUT2D eigenvalue weighted by Crippen LogP contribution is 2.39. The van der Waals surface area contributed by atoms with Crippen LogP contribution < -0.4 is 11.3 Å². The van der Waals surface area contributed by atoms with Crippen LogP contribution in [0.2, 0.25) is 0 Å². The first-order valence-electron chi connectivity index (χ1n) is 6.50. The van der Waals surface area contributed by atoms with Crippen molar-refractivity contribution in [2.45, 2.75) is 39.5 Å². The third-order valence-corrected chi connectivity index (χ3v) is 4.80. The second-order valence-corrected chi connectivity index (χ2v) is 6.10. The van der Waals surface area contributed by atoms with Crippen molar-refractivity contribution in [2.24, 2.45) is 11.8 Å². The average molecular weight is 262 g/mol. The molecule has 2 aromatic rings. The van der Waals surface area contributed by atoms with Crippen LogP contribution in [0.3, 0.4) is 0 Å². The van der Waals surface area contributed by atoms with Crippen LogP contribution in [-0.2, 0) is 19.3 Å². The average Bonchev–Trinajstić information content (AvgIpc) is 2.74. The molecule has 0 saturated heterocycles. The number of aromatic nitrogens is 2. The van der Waals surface area contributed by atoms with Crippen LogP contribution in [-0.4, -0.2) is 9.97 Å². The number of thiophene rings is 1. The molecule has 4 nitrogen and oxygen atoms in total. The largest absolute Gasteiger partial charge is 0.308 e. The molecule has 1 atom stereocenters. The van der Waals surface area contributed by atoms with E-state index in [1.54, 1.807) is 0 Å². The summed E-state index contributed by atoms with van der Waals surface area (Å²) < 4.78 is 0. The van der Waals surface area contributed by atoms with Crippen molar-refractivity contribution < 1.29 is 0 Å². The number of hydrogen-bond acceptors (Lipinski definition) is 5. The molecule has 18 heavy (non-hydrogen) atoms. The molecule has 2 aromatic heterocycles. The lowest BCUT2D eigenvalue weighted by atomic mass is 9.89. The van der Waals surface area contributed by atoms with E-state index in [1.165, 1.54) is 23.3 Å². The zero-order chi connectivity index (χ0) is 12.7. The van der Waals surface area contributed by atoms with Gasteiger partial charge in [-0.1, -0.05) is 13.8 Å². The lowest BCUT2D eigenvalue weighted by Crippen LogP contribution is -2.12. The summed E-state index contributed by atoms with van der Waals surface area (Å²) in [5.41, 5.74) is 4.17. The Kier molecular flexibility index (Phi) is 2.95. The minimum atomic E-state index is 0.776. The van der Waals surface area contributed by atoms with Gasteiger partial charge in [-0.25, -0.2) is 15.8 Å². The maximum Gasteiger partial charge on any atom is 0.152 e. The fourth-order valence-electron chi connectivity index (χ4n) is 2.65. The molecule has 5 heteroatoms. The molecular weight excluding hydrogens is 244 g/mol. The quantitative estimate of drug-likeness (QED) is 0.645. The van der Waals surface area contributed by atoms with Gasteiger partial charge in [-0.2, -0.15) is 0 Å². The number of fused-ring (bicyclic) bond motifs is 3. The Labute approximate surface area is 111 Å². The van der Waals surface area contributed by atoms with Gasteiger partial charge in [-0.3, -0.25) is 0 Å². The number of nitrogen functional groups attached to an aromatic ring is 1. The van der Waals surface area contributed by atoms with Gasteiger partial charge in [0.1, 0.15) is 10.7 Å². The molecule has 2 heterocycles. The van der Waals surface area contributed by atoms with Gasteiger partial charge in [-0.05, 0) is 30.7 Å². The molecule has 3 N–H and O–H groups in total. The van der Waals surface area contributed by atoms with Crippen molar-refractivity contribution in [1.29, 1.82) is 0 Å². The summed E-state index contributed by atoms with van der Waals surface area (Å²) in [6.45, 7) is 4.38. The molecule has 0 spiro atoms. The summed E-state index contributed by atoms with van der Waals surface area (Å²) in [4.78, 5) is 11.7. The second-order valence-electron chi connectivity index (χ2n) is 5.02. The minimum Gasteiger partial charge on any atom is -0.308 e. The first-order valence-corrected chi connectivity index (χ1v) is 7.32. The topological polar surface area (TPSA) is 63.8 Å². The zero-order valence-corrected chi connectivity index (χ0v) is 11.6. The maximum absolute atomic E-state index is 5.62. The van der Waals surface area contributed by atoms with Crippen LogP contribution in [0, 0.1) is 5.92 Å². The standard InChI is InChI=1S/C13H18N4S/c1-3-10-15-12(17-14)11-8-5-4-7(2)6-9(8)18-13(11)16-10/h7H,3-6,14H2,1-2H3,(H,15,16,17)/t7-/m1/s1. The Morgan fingerprint density at radius 3 is 3.00 bits per heavy atom. The summed E-state index contributed by atoms with van der Waals surface area (Å²) >= 11 is 1.82. The van der Waals surface area contributed by atoms with E-state index >= 15 is 0 Å². The van der Waals surface area contributed by atoms with Gasteiger partial charge in [0.15, 0.2) is 5.82 Å². The van der Waals surface area contributed by atoms with Crippen LogP contribution in [0.25, 0.3) is 10.2 Å². The zero-order valence-electron chi connectivity index (χ0n) is 10.8. The maximum atomic E-state index is 5.62. The van der Waals surface area contributed by atoms with Gasteiger partial charge in [0.25, 0.3) is 0 Å². The summed E-state index contributed by atoms with van der Waals surface area (Å²) in [6.07, 6.45) is 4.38. The van der Waals surface area contributed by atoms with E-state index in [4.69, 9.17) is 5.84 Å². The van der Waals surface area contributed by atoms with Gasteiger partial charge >= 0.3 is 0 Å². The monoisotopic (exact) mass is 262 g/mol. The number of nitrogens with one attached hydrogen (secondary N) is 1. The van der Waals surface area contributed by atoms with Crippen LogP contribution in [0.1, 0.15) is 36.5 Å². The van der Waals surface area contributed by atoms with E-state index in [-0.39, 0.29) is 0 Å². The smallest absolute Gasteiger partial charge is 0.152 e. The van der Waals surface area contributed by atoms with E-state index in [0.29, 0.717) is 0 Å². The first kappa shape index (κ1) is 11.9. The van der Waals surface area contributed by atoms with E-state index in [1.807, 2.05) is 11.3 Å². The van der Waals surface area contributed by atoms with E-state index in [9.17, 15) is 0 Å². The minimum absolute atomic E-state index is 0.776. The highest BCUT2D eigenvalue weighted by Gasteiger charge is 2.23. The number of rotatable bonds is 2. The van der Waals surface area contributed by atoms with Crippen molar-refractivity contribution in [3.05, 3.63) is 16.3 Å². The highest BCUT2D eigenvalue weighted by molar-refractivity contribution is 7.19. The first-order chi connectivity index (χ1) is 8.72. The molecular formula is C13H18N4S. The molecule has 0 saturated carbocycles. The molecule has 0 bridgehead atoms. The molecule has 1 aliphatic carbocycles. The molecule has 96 valence electrons.